The van der Waals surface area contributed by atoms with Crippen molar-refractivity contribution >= 4 is 22.1 Å². The molecule has 4 nitrogen and oxygen atoms in total. The SMILES string of the molecule is C=C(CCC(N)NC1=CC=CC2=CC=CC(C)C21)N(C)c1cccc2cccc(N)c12. The summed E-state index contributed by atoms with van der Waals surface area (Å²) in [5.41, 5.74) is 18.2. The lowest BCUT2D eigenvalue weighted by Gasteiger charge is -2.33. The van der Waals surface area contributed by atoms with E-state index < -0.39 is 0 Å². The average molecular weight is 413 g/mol. The first-order valence-electron chi connectivity index (χ1n) is 10.9. The monoisotopic (exact) mass is 412 g/mol. The second-order valence-electron chi connectivity index (χ2n) is 8.51. The van der Waals surface area contributed by atoms with Crippen LogP contribution in [0.3, 0.4) is 0 Å². The molecule has 0 saturated heterocycles. The van der Waals surface area contributed by atoms with Gasteiger partial charge in [0, 0.05) is 35.4 Å². The van der Waals surface area contributed by atoms with Crippen LogP contribution in [0.5, 0.6) is 0 Å². The number of rotatable bonds is 7. The number of allylic oxidation sites excluding steroid dienone is 8. The molecule has 0 radical (unpaired) electrons. The number of nitrogens with zero attached hydrogens (tertiary/aromatic N) is 1. The van der Waals surface area contributed by atoms with E-state index in [9.17, 15) is 0 Å². The van der Waals surface area contributed by atoms with Crippen LogP contribution >= 0.6 is 0 Å². The van der Waals surface area contributed by atoms with E-state index in [1.54, 1.807) is 0 Å². The highest BCUT2D eigenvalue weighted by Crippen LogP contribution is 2.35. The summed E-state index contributed by atoms with van der Waals surface area (Å²) in [5, 5.41) is 5.75. The van der Waals surface area contributed by atoms with Crippen LogP contribution < -0.4 is 21.7 Å². The lowest BCUT2D eigenvalue weighted by molar-refractivity contribution is 0.461. The molecule has 5 N–H and O–H groups in total. The van der Waals surface area contributed by atoms with Crippen molar-refractivity contribution in [2.24, 2.45) is 17.6 Å². The first kappa shape index (κ1) is 21.0. The zero-order valence-corrected chi connectivity index (χ0v) is 18.4. The zero-order valence-electron chi connectivity index (χ0n) is 18.4. The molecule has 4 heteroatoms. The third-order valence-corrected chi connectivity index (χ3v) is 6.33. The molecule has 3 atom stereocenters. The molecule has 3 unspecified atom stereocenters. The van der Waals surface area contributed by atoms with Gasteiger partial charge in [-0.3, -0.25) is 0 Å². The van der Waals surface area contributed by atoms with Gasteiger partial charge in [0.2, 0.25) is 0 Å². The van der Waals surface area contributed by atoms with Gasteiger partial charge in [0.1, 0.15) is 0 Å². The van der Waals surface area contributed by atoms with E-state index in [2.05, 4.69) is 84.4 Å². The number of hydrogen-bond donors (Lipinski definition) is 3. The lowest BCUT2D eigenvalue weighted by Crippen LogP contribution is -2.40. The third kappa shape index (κ3) is 4.30. The second-order valence-corrected chi connectivity index (χ2v) is 8.51. The van der Waals surface area contributed by atoms with Gasteiger partial charge in [-0.05, 0) is 47.9 Å². The topological polar surface area (TPSA) is 67.3 Å². The number of hydrogen-bond acceptors (Lipinski definition) is 4. The van der Waals surface area contributed by atoms with Crippen molar-refractivity contribution in [1.82, 2.24) is 5.32 Å². The van der Waals surface area contributed by atoms with Gasteiger partial charge in [-0.1, -0.05) is 68.1 Å². The van der Waals surface area contributed by atoms with Crippen LogP contribution in [0, 0.1) is 11.8 Å². The molecule has 31 heavy (non-hydrogen) atoms. The molecule has 2 aliphatic carbocycles. The molecular formula is C27H32N4. The van der Waals surface area contributed by atoms with Gasteiger partial charge < -0.3 is 21.7 Å². The largest absolute Gasteiger partial charge is 0.398 e. The molecule has 2 aromatic rings. The van der Waals surface area contributed by atoms with Gasteiger partial charge in [-0.2, -0.15) is 0 Å². The Hall–Kier alpha value is -3.24. The molecule has 2 aromatic carbocycles. The Morgan fingerprint density at radius 1 is 1.16 bits per heavy atom. The molecule has 2 aliphatic rings. The summed E-state index contributed by atoms with van der Waals surface area (Å²) < 4.78 is 0. The molecule has 0 aliphatic heterocycles. The first-order chi connectivity index (χ1) is 15.0. The number of fused-ring (bicyclic) bond motifs is 2. The van der Waals surface area contributed by atoms with Crippen LogP contribution in [-0.2, 0) is 0 Å². The number of benzene rings is 2. The molecule has 0 aromatic heterocycles. The van der Waals surface area contributed by atoms with Gasteiger partial charge in [0.05, 0.1) is 11.9 Å². The van der Waals surface area contributed by atoms with E-state index in [0.717, 1.165) is 40.7 Å². The predicted octanol–water partition coefficient (Wildman–Crippen LogP) is 5.23. The van der Waals surface area contributed by atoms with Crippen LogP contribution in [0.1, 0.15) is 19.8 Å². The number of anilines is 2. The van der Waals surface area contributed by atoms with Crippen molar-refractivity contribution in [3.05, 3.63) is 96.4 Å². The van der Waals surface area contributed by atoms with Crippen molar-refractivity contribution in [3.63, 3.8) is 0 Å². The Morgan fingerprint density at radius 2 is 1.94 bits per heavy atom. The van der Waals surface area contributed by atoms with Gasteiger partial charge in [0.15, 0.2) is 0 Å². The molecule has 0 amide bonds. The van der Waals surface area contributed by atoms with Crippen molar-refractivity contribution in [3.8, 4) is 0 Å². The van der Waals surface area contributed by atoms with Gasteiger partial charge in [-0.15, -0.1) is 0 Å². The van der Waals surface area contributed by atoms with E-state index in [1.165, 1.54) is 11.3 Å². The van der Waals surface area contributed by atoms with E-state index in [1.807, 2.05) is 19.2 Å². The Labute approximate surface area is 185 Å². The Morgan fingerprint density at radius 3 is 2.74 bits per heavy atom. The normalized spacial score (nSPS) is 20.6. The lowest BCUT2D eigenvalue weighted by atomic mass is 9.78. The van der Waals surface area contributed by atoms with Gasteiger partial charge in [-0.25, -0.2) is 0 Å². The zero-order chi connectivity index (χ0) is 22.0. The fraction of sp³-hybridized carbons (Fsp3) is 0.259. The smallest absolute Gasteiger partial charge is 0.0744 e. The Bertz CT molecular complexity index is 1100. The van der Waals surface area contributed by atoms with Crippen LogP contribution in [0.4, 0.5) is 11.4 Å². The maximum Gasteiger partial charge on any atom is 0.0744 e. The van der Waals surface area contributed by atoms with E-state index >= 15 is 0 Å². The minimum Gasteiger partial charge on any atom is -0.398 e. The van der Waals surface area contributed by atoms with E-state index in [-0.39, 0.29) is 6.17 Å². The summed E-state index contributed by atoms with van der Waals surface area (Å²) in [5.74, 6) is 0.805. The van der Waals surface area contributed by atoms with Gasteiger partial charge >= 0.3 is 0 Å². The summed E-state index contributed by atoms with van der Waals surface area (Å²) in [6.07, 6.45) is 14.5. The predicted molar refractivity (Wildman–Crippen MR) is 133 cm³/mol. The van der Waals surface area contributed by atoms with Crippen LogP contribution in [-0.4, -0.2) is 13.2 Å². The fourth-order valence-corrected chi connectivity index (χ4v) is 4.56. The minimum atomic E-state index is -0.139. The quantitative estimate of drug-likeness (QED) is 0.430. The number of nitrogen functional groups attached to an aromatic ring is 1. The highest BCUT2D eigenvalue weighted by Gasteiger charge is 2.27. The second kappa shape index (κ2) is 8.86. The Kier molecular flexibility index (Phi) is 6.01. The number of nitrogens with one attached hydrogen (secondary N) is 1. The average Bonchev–Trinajstić information content (AvgIpc) is 2.77. The first-order valence-corrected chi connectivity index (χ1v) is 10.9. The highest BCUT2D eigenvalue weighted by molar-refractivity contribution is 6.03. The Balaban J connectivity index is 1.40. The molecule has 0 spiro atoms. The van der Waals surface area contributed by atoms with Gasteiger partial charge in [0.25, 0.3) is 0 Å². The van der Waals surface area contributed by atoms with E-state index in [0.29, 0.717) is 11.8 Å². The molecule has 0 saturated carbocycles. The summed E-state index contributed by atoms with van der Waals surface area (Å²) in [7, 11) is 2.05. The molecular weight excluding hydrogens is 380 g/mol. The summed E-state index contributed by atoms with van der Waals surface area (Å²) >= 11 is 0. The highest BCUT2D eigenvalue weighted by atomic mass is 15.1. The molecule has 0 bridgehead atoms. The third-order valence-electron chi connectivity index (χ3n) is 6.33. The minimum absolute atomic E-state index is 0.139. The van der Waals surface area contributed by atoms with E-state index in [4.69, 9.17) is 11.5 Å². The number of nitrogens with two attached hydrogens (primary N) is 2. The molecule has 0 fully saturated rings. The molecule has 160 valence electrons. The van der Waals surface area contributed by atoms with Crippen LogP contribution in [0.2, 0.25) is 0 Å². The molecule has 0 heterocycles. The van der Waals surface area contributed by atoms with Crippen molar-refractivity contribution in [2.75, 3.05) is 17.7 Å². The van der Waals surface area contributed by atoms with Crippen molar-refractivity contribution < 1.29 is 0 Å². The van der Waals surface area contributed by atoms with Crippen LogP contribution in [0.25, 0.3) is 10.8 Å². The standard InChI is InChI=1S/C27H32N4/c1-18-8-4-9-20-11-6-14-23(26(18)20)30-25(29)17-16-19(2)31(3)24-15-7-12-21-10-5-13-22(28)27(21)24/h4-15,18,25-26,30H,2,16-17,28-29H2,1,3H3. The summed E-state index contributed by atoms with van der Waals surface area (Å²) in [4.78, 5) is 2.13. The van der Waals surface area contributed by atoms with Crippen molar-refractivity contribution in [2.45, 2.75) is 25.9 Å². The maximum absolute atomic E-state index is 6.48. The fourth-order valence-electron chi connectivity index (χ4n) is 4.56. The summed E-state index contributed by atoms with van der Waals surface area (Å²) in [6.45, 7) is 6.57. The maximum atomic E-state index is 6.48. The van der Waals surface area contributed by atoms with Crippen molar-refractivity contribution in [1.29, 1.82) is 0 Å². The summed E-state index contributed by atoms with van der Waals surface area (Å²) in [6, 6.07) is 12.2. The molecule has 4 rings (SSSR count). The van der Waals surface area contributed by atoms with Crippen LogP contribution in [0.15, 0.2) is 96.4 Å².